The molecule has 2 aromatic rings. The zero-order chi connectivity index (χ0) is 15.5. The van der Waals surface area contributed by atoms with Crippen LogP contribution in [0.25, 0.3) is 11.1 Å². The van der Waals surface area contributed by atoms with Gasteiger partial charge in [0.1, 0.15) is 0 Å². The van der Waals surface area contributed by atoms with Gasteiger partial charge in [-0.1, -0.05) is 42.5 Å². The predicted molar refractivity (Wildman–Crippen MR) is 83.4 cm³/mol. The standard InChI is InChI=1S/C16H19NO3S/c1-13(12-18)17(2)21(19,20)16-10-8-15(9-11-16)14-6-4-3-5-7-14/h3-11,13,18H,12H2,1-2H3/t13-/m1/s1. The van der Waals surface area contributed by atoms with Crippen LogP contribution in [0.4, 0.5) is 0 Å². The van der Waals surface area contributed by atoms with Gasteiger partial charge in [-0.15, -0.1) is 0 Å². The summed E-state index contributed by atoms with van der Waals surface area (Å²) in [4.78, 5) is 0.227. The van der Waals surface area contributed by atoms with Crippen molar-refractivity contribution in [2.75, 3.05) is 13.7 Å². The summed E-state index contributed by atoms with van der Waals surface area (Å²) in [7, 11) is -2.10. The fourth-order valence-electron chi connectivity index (χ4n) is 1.97. The van der Waals surface area contributed by atoms with Gasteiger partial charge in [0.25, 0.3) is 0 Å². The minimum Gasteiger partial charge on any atom is -0.395 e. The second kappa shape index (κ2) is 6.39. The van der Waals surface area contributed by atoms with Crippen molar-refractivity contribution >= 4 is 10.0 Å². The van der Waals surface area contributed by atoms with Crippen LogP contribution in [-0.4, -0.2) is 37.5 Å². The second-order valence-electron chi connectivity index (χ2n) is 4.94. The van der Waals surface area contributed by atoms with E-state index in [1.165, 1.54) is 11.4 Å². The van der Waals surface area contributed by atoms with Crippen LogP contribution in [0.1, 0.15) is 6.92 Å². The number of aliphatic hydroxyl groups is 1. The molecule has 0 aliphatic carbocycles. The van der Waals surface area contributed by atoms with E-state index in [0.717, 1.165) is 11.1 Å². The normalized spacial score (nSPS) is 13.3. The van der Waals surface area contributed by atoms with Crippen molar-refractivity contribution in [2.45, 2.75) is 17.9 Å². The zero-order valence-corrected chi connectivity index (χ0v) is 12.9. The first-order valence-electron chi connectivity index (χ1n) is 6.71. The molecule has 2 aromatic carbocycles. The number of sulfonamides is 1. The Hall–Kier alpha value is -1.69. The average molecular weight is 305 g/mol. The quantitative estimate of drug-likeness (QED) is 0.922. The molecule has 0 heterocycles. The van der Waals surface area contributed by atoms with E-state index in [1.54, 1.807) is 31.2 Å². The molecule has 0 saturated carbocycles. The number of aliphatic hydroxyl groups excluding tert-OH is 1. The molecule has 2 rings (SSSR count). The molecule has 112 valence electrons. The highest BCUT2D eigenvalue weighted by Crippen LogP contribution is 2.23. The van der Waals surface area contributed by atoms with Crippen molar-refractivity contribution in [1.82, 2.24) is 4.31 Å². The molecule has 0 saturated heterocycles. The molecule has 0 aromatic heterocycles. The van der Waals surface area contributed by atoms with E-state index >= 15 is 0 Å². The molecule has 4 nitrogen and oxygen atoms in total. The molecule has 0 fully saturated rings. The summed E-state index contributed by atoms with van der Waals surface area (Å²) in [6.07, 6.45) is 0. The molecular weight excluding hydrogens is 286 g/mol. The van der Waals surface area contributed by atoms with Crippen LogP contribution >= 0.6 is 0 Å². The summed E-state index contributed by atoms with van der Waals surface area (Å²) >= 11 is 0. The average Bonchev–Trinajstić information content (AvgIpc) is 2.54. The van der Waals surface area contributed by atoms with Crippen molar-refractivity contribution in [2.24, 2.45) is 0 Å². The Labute approximate surface area is 125 Å². The Bertz CT molecular complexity index is 681. The molecule has 0 amide bonds. The van der Waals surface area contributed by atoms with Gasteiger partial charge in [0.2, 0.25) is 10.0 Å². The van der Waals surface area contributed by atoms with Gasteiger partial charge in [0, 0.05) is 13.1 Å². The first kappa shape index (κ1) is 15.7. The third-order valence-electron chi connectivity index (χ3n) is 3.52. The lowest BCUT2D eigenvalue weighted by atomic mass is 10.1. The van der Waals surface area contributed by atoms with Crippen LogP contribution in [-0.2, 0) is 10.0 Å². The highest BCUT2D eigenvalue weighted by molar-refractivity contribution is 7.89. The lowest BCUT2D eigenvalue weighted by Gasteiger charge is -2.22. The second-order valence-corrected chi connectivity index (χ2v) is 6.94. The largest absolute Gasteiger partial charge is 0.395 e. The molecular formula is C16H19NO3S. The topological polar surface area (TPSA) is 57.6 Å². The molecule has 5 heteroatoms. The molecule has 0 aliphatic heterocycles. The van der Waals surface area contributed by atoms with E-state index < -0.39 is 16.1 Å². The number of nitrogens with zero attached hydrogens (tertiary/aromatic N) is 1. The summed E-state index contributed by atoms with van der Waals surface area (Å²) in [6.45, 7) is 1.45. The van der Waals surface area contributed by atoms with Crippen molar-refractivity contribution in [3.05, 3.63) is 54.6 Å². The van der Waals surface area contributed by atoms with Crippen LogP contribution in [0.15, 0.2) is 59.5 Å². The number of benzene rings is 2. The van der Waals surface area contributed by atoms with Gasteiger partial charge in [-0.05, 0) is 30.2 Å². The van der Waals surface area contributed by atoms with E-state index in [1.807, 2.05) is 30.3 Å². The number of hydrogen-bond donors (Lipinski definition) is 1. The van der Waals surface area contributed by atoms with E-state index in [2.05, 4.69) is 0 Å². The Morgan fingerprint density at radius 2 is 1.52 bits per heavy atom. The predicted octanol–water partition coefficient (Wildman–Crippen LogP) is 2.35. The molecule has 1 N–H and O–H groups in total. The molecule has 1 atom stereocenters. The zero-order valence-electron chi connectivity index (χ0n) is 12.1. The van der Waals surface area contributed by atoms with Crippen LogP contribution < -0.4 is 0 Å². The molecule has 21 heavy (non-hydrogen) atoms. The summed E-state index contributed by atoms with van der Waals surface area (Å²) in [5.74, 6) is 0. The molecule has 0 unspecified atom stereocenters. The van der Waals surface area contributed by atoms with Gasteiger partial charge in [0.15, 0.2) is 0 Å². The molecule has 0 spiro atoms. The van der Waals surface area contributed by atoms with Gasteiger partial charge in [-0.3, -0.25) is 0 Å². The highest BCUT2D eigenvalue weighted by Gasteiger charge is 2.24. The fourth-order valence-corrected chi connectivity index (χ4v) is 3.32. The van der Waals surface area contributed by atoms with Crippen LogP contribution in [0.5, 0.6) is 0 Å². The first-order valence-corrected chi connectivity index (χ1v) is 8.15. The summed E-state index contributed by atoms with van der Waals surface area (Å²) in [5.41, 5.74) is 2.01. The van der Waals surface area contributed by atoms with Crippen LogP contribution in [0, 0.1) is 0 Å². The maximum absolute atomic E-state index is 12.4. The van der Waals surface area contributed by atoms with Gasteiger partial charge >= 0.3 is 0 Å². The van der Waals surface area contributed by atoms with E-state index in [0.29, 0.717) is 0 Å². The SMILES string of the molecule is C[C@H](CO)N(C)S(=O)(=O)c1ccc(-c2ccccc2)cc1. The van der Waals surface area contributed by atoms with Crippen molar-refractivity contribution in [1.29, 1.82) is 0 Å². The van der Waals surface area contributed by atoms with Crippen LogP contribution in [0.3, 0.4) is 0 Å². The summed E-state index contributed by atoms with van der Waals surface area (Å²) in [6, 6.07) is 16.1. The number of hydrogen-bond acceptors (Lipinski definition) is 3. The number of likely N-dealkylation sites (N-methyl/N-ethyl adjacent to an activating group) is 1. The minimum absolute atomic E-state index is 0.210. The molecule has 0 aliphatic rings. The third-order valence-corrected chi connectivity index (χ3v) is 5.51. The Balaban J connectivity index is 2.31. The Morgan fingerprint density at radius 1 is 1.00 bits per heavy atom. The van der Waals surface area contributed by atoms with E-state index in [9.17, 15) is 8.42 Å². The maximum Gasteiger partial charge on any atom is 0.243 e. The lowest BCUT2D eigenvalue weighted by molar-refractivity contribution is 0.214. The van der Waals surface area contributed by atoms with E-state index in [-0.39, 0.29) is 11.5 Å². The highest BCUT2D eigenvalue weighted by atomic mass is 32.2. The van der Waals surface area contributed by atoms with Crippen molar-refractivity contribution in [3.8, 4) is 11.1 Å². The monoisotopic (exact) mass is 305 g/mol. The van der Waals surface area contributed by atoms with Crippen molar-refractivity contribution < 1.29 is 13.5 Å². The minimum atomic E-state index is -3.58. The molecule has 0 radical (unpaired) electrons. The summed E-state index contributed by atoms with van der Waals surface area (Å²) < 4.78 is 26.0. The Kier molecular flexibility index (Phi) is 4.77. The first-order chi connectivity index (χ1) is 9.96. The van der Waals surface area contributed by atoms with Gasteiger partial charge in [-0.2, -0.15) is 4.31 Å². The van der Waals surface area contributed by atoms with Gasteiger partial charge in [0.05, 0.1) is 11.5 Å². The smallest absolute Gasteiger partial charge is 0.243 e. The third kappa shape index (κ3) is 3.32. The summed E-state index contributed by atoms with van der Waals surface area (Å²) in [5, 5.41) is 9.10. The fraction of sp³-hybridized carbons (Fsp3) is 0.250. The van der Waals surface area contributed by atoms with E-state index in [4.69, 9.17) is 5.11 Å². The van der Waals surface area contributed by atoms with Gasteiger partial charge in [-0.25, -0.2) is 8.42 Å². The van der Waals surface area contributed by atoms with Crippen LogP contribution in [0.2, 0.25) is 0 Å². The Morgan fingerprint density at radius 3 is 2.05 bits per heavy atom. The van der Waals surface area contributed by atoms with Crippen molar-refractivity contribution in [3.63, 3.8) is 0 Å². The maximum atomic E-state index is 12.4. The molecule has 0 bridgehead atoms. The van der Waals surface area contributed by atoms with Gasteiger partial charge < -0.3 is 5.11 Å². The lowest BCUT2D eigenvalue weighted by Crippen LogP contribution is -2.37. The number of rotatable bonds is 5.